The summed E-state index contributed by atoms with van der Waals surface area (Å²) in [5.74, 6) is 0.292. The Bertz CT molecular complexity index is 1130. The topological polar surface area (TPSA) is 81.5 Å². The molecular weight excluding hydrogens is 378 g/mol. The van der Waals surface area contributed by atoms with Crippen LogP contribution in [-0.2, 0) is 14.8 Å². The number of hydrogen-bond acceptors (Lipinski definition) is 5. The third-order valence-electron chi connectivity index (χ3n) is 4.08. The van der Waals surface area contributed by atoms with Crippen molar-refractivity contribution in [3.8, 4) is 0 Å². The largest absolute Gasteiger partial charge is 0.443 e. The molecule has 2 aromatic heterocycles. The van der Waals surface area contributed by atoms with Gasteiger partial charge in [-0.3, -0.25) is 4.90 Å². The van der Waals surface area contributed by atoms with Crippen molar-refractivity contribution in [2.24, 2.45) is 0 Å². The average molecular weight is 401 g/mol. The zero-order valence-electron chi connectivity index (χ0n) is 16.5. The molecule has 0 aliphatic rings. The molecule has 0 aliphatic carbocycles. The SMILES string of the molecule is Cc1ccc(S(=O)(=O)n2ccc3ccc(N(C)C(=O)OC(C)(C)C)nc32)cc1. The highest BCUT2D eigenvalue weighted by Crippen LogP contribution is 2.24. The number of aryl methyl sites for hydroxylation is 1. The smallest absolute Gasteiger partial charge is 0.415 e. The second-order valence-electron chi connectivity index (χ2n) is 7.55. The zero-order valence-corrected chi connectivity index (χ0v) is 17.3. The molecule has 0 saturated carbocycles. The molecule has 28 heavy (non-hydrogen) atoms. The molecule has 3 aromatic rings. The molecule has 0 fully saturated rings. The summed E-state index contributed by atoms with van der Waals surface area (Å²) < 4.78 is 32.6. The van der Waals surface area contributed by atoms with Gasteiger partial charge in [0.15, 0.2) is 5.65 Å². The first-order valence-corrected chi connectivity index (χ1v) is 10.2. The molecule has 8 heteroatoms. The minimum absolute atomic E-state index is 0.170. The van der Waals surface area contributed by atoms with Crippen LogP contribution in [0.25, 0.3) is 11.0 Å². The lowest BCUT2D eigenvalue weighted by atomic mass is 10.2. The molecule has 0 atom stereocenters. The van der Waals surface area contributed by atoms with Gasteiger partial charge in [0.2, 0.25) is 0 Å². The van der Waals surface area contributed by atoms with Crippen LogP contribution in [0.2, 0.25) is 0 Å². The van der Waals surface area contributed by atoms with Crippen LogP contribution in [0.5, 0.6) is 0 Å². The first-order valence-electron chi connectivity index (χ1n) is 8.76. The number of ether oxygens (including phenoxy) is 1. The Morgan fingerprint density at radius 1 is 1.07 bits per heavy atom. The molecule has 1 amide bonds. The maximum absolute atomic E-state index is 13.0. The molecule has 148 valence electrons. The second-order valence-corrected chi connectivity index (χ2v) is 9.37. The van der Waals surface area contributed by atoms with E-state index in [1.165, 1.54) is 18.1 Å². The van der Waals surface area contributed by atoms with E-state index < -0.39 is 21.7 Å². The Hall–Kier alpha value is -2.87. The highest BCUT2D eigenvalue weighted by Gasteiger charge is 2.23. The van der Waals surface area contributed by atoms with E-state index in [-0.39, 0.29) is 10.5 Å². The number of aromatic nitrogens is 2. The van der Waals surface area contributed by atoms with Crippen LogP contribution in [0.4, 0.5) is 10.6 Å². The van der Waals surface area contributed by atoms with E-state index in [0.29, 0.717) is 11.2 Å². The van der Waals surface area contributed by atoms with Gasteiger partial charge in [-0.15, -0.1) is 0 Å². The van der Waals surface area contributed by atoms with Crippen molar-refractivity contribution < 1.29 is 17.9 Å². The molecule has 0 spiro atoms. The summed E-state index contributed by atoms with van der Waals surface area (Å²) in [6, 6.07) is 11.7. The summed E-state index contributed by atoms with van der Waals surface area (Å²) in [5.41, 5.74) is 0.564. The molecule has 0 N–H and O–H groups in total. The van der Waals surface area contributed by atoms with E-state index in [0.717, 1.165) is 9.54 Å². The van der Waals surface area contributed by atoms with Gasteiger partial charge in [0.25, 0.3) is 10.0 Å². The summed E-state index contributed by atoms with van der Waals surface area (Å²) in [4.78, 5) is 18.1. The second kappa shape index (κ2) is 6.94. The Kier molecular flexibility index (Phi) is 4.93. The highest BCUT2D eigenvalue weighted by molar-refractivity contribution is 7.90. The summed E-state index contributed by atoms with van der Waals surface area (Å²) in [6.07, 6.45) is 0.892. The molecule has 0 radical (unpaired) electrons. The number of carbonyl (C=O) groups excluding carboxylic acids is 1. The number of fused-ring (bicyclic) bond motifs is 1. The van der Waals surface area contributed by atoms with Gasteiger partial charge >= 0.3 is 6.09 Å². The molecule has 0 bridgehead atoms. The van der Waals surface area contributed by atoms with Crippen LogP contribution in [0.1, 0.15) is 26.3 Å². The van der Waals surface area contributed by atoms with Gasteiger partial charge in [-0.1, -0.05) is 17.7 Å². The fraction of sp³-hybridized carbons (Fsp3) is 0.300. The lowest BCUT2D eigenvalue weighted by molar-refractivity contribution is 0.0588. The lowest BCUT2D eigenvalue weighted by Crippen LogP contribution is -2.34. The Morgan fingerprint density at radius 2 is 1.71 bits per heavy atom. The van der Waals surface area contributed by atoms with Gasteiger partial charge < -0.3 is 4.74 Å². The van der Waals surface area contributed by atoms with E-state index in [1.807, 2.05) is 6.92 Å². The van der Waals surface area contributed by atoms with Gasteiger partial charge in [0, 0.05) is 18.6 Å². The number of pyridine rings is 1. The fourth-order valence-corrected chi connectivity index (χ4v) is 3.91. The third-order valence-corrected chi connectivity index (χ3v) is 5.76. The van der Waals surface area contributed by atoms with Crippen molar-refractivity contribution in [2.75, 3.05) is 11.9 Å². The molecule has 0 aliphatic heterocycles. The first-order chi connectivity index (χ1) is 13.0. The van der Waals surface area contributed by atoms with Gasteiger partial charge in [0.05, 0.1) is 4.90 Å². The van der Waals surface area contributed by atoms with Crippen LogP contribution in [0.3, 0.4) is 0 Å². The normalized spacial score (nSPS) is 12.2. The number of benzene rings is 1. The van der Waals surface area contributed by atoms with Gasteiger partial charge in [-0.05, 0) is 58.0 Å². The Labute approximate surface area is 164 Å². The molecule has 7 nitrogen and oxygen atoms in total. The zero-order chi connectivity index (χ0) is 20.7. The Balaban J connectivity index is 2.03. The molecule has 2 heterocycles. The van der Waals surface area contributed by atoms with Gasteiger partial charge in [-0.25, -0.2) is 22.2 Å². The summed E-state index contributed by atoms with van der Waals surface area (Å²) >= 11 is 0. The number of anilines is 1. The van der Waals surface area contributed by atoms with Crippen molar-refractivity contribution in [2.45, 2.75) is 38.2 Å². The summed E-state index contributed by atoms with van der Waals surface area (Å²) in [7, 11) is -2.28. The van der Waals surface area contributed by atoms with Crippen molar-refractivity contribution >= 4 is 33.0 Å². The van der Waals surface area contributed by atoms with Gasteiger partial charge in [0.1, 0.15) is 11.4 Å². The highest BCUT2D eigenvalue weighted by atomic mass is 32.2. The van der Waals surface area contributed by atoms with Crippen LogP contribution < -0.4 is 4.90 Å². The summed E-state index contributed by atoms with van der Waals surface area (Å²) in [6.45, 7) is 7.21. The molecule has 0 saturated heterocycles. The molecule has 3 rings (SSSR count). The van der Waals surface area contributed by atoms with Crippen molar-refractivity contribution in [3.63, 3.8) is 0 Å². The Morgan fingerprint density at radius 3 is 2.32 bits per heavy atom. The standard InChI is InChI=1S/C20H23N3O4S/c1-14-6-9-16(10-7-14)28(25,26)23-13-12-15-8-11-17(21-18(15)23)22(5)19(24)27-20(2,3)4/h6-13H,1-5H3. The fourth-order valence-electron chi connectivity index (χ4n) is 2.60. The van der Waals surface area contributed by atoms with Crippen LogP contribution >= 0.6 is 0 Å². The first kappa shape index (κ1) is 19.9. The number of amides is 1. The lowest BCUT2D eigenvalue weighted by Gasteiger charge is -2.24. The predicted octanol–water partition coefficient (Wildman–Crippen LogP) is 3.95. The van der Waals surface area contributed by atoms with Gasteiger partial charge in [-0.2, -0.15) is 0 Å². The molecular formula is C20H23N3O4S. The average Bonchev–Trinajstić information content (AvgIpc) is 3.03. The maximum Gasteiger partial charge on any atom is 0.415 e. The predicted molar refractivity (Wildman–Crippen MR) is 108 cm³/mol. The quantitative estimate of drug-likeness (QED) is 0.664. The molecule has 1 aromatic carbocycles. The van der Waals surface area contributed by atoms with Crippen molar-refractivity contribution in [3.05, 3.63) is 54.2 Å². The van der Waals surface area contributed by atoms with Crippen LogP contribution in [-0.4, -0.2) is 36.1 Å². The van der Waals surface area contributed by atoms with E-state index in [2.05, 4.69) is 4.98 Å². The molecule has 0 unspecified atom stereocenters. The van der Waals surface area contributed by atoms with Crippen molar-refractivity contribution in [1.82, 2.24) is 8.96 Å². The van der Waals surface area contributed by atoms with Crippen molar-refractivity contribution in [1.29, 1.82) is 0 Å². The van der Waals surface area contributed by atoms with E-state index in [1.54, 1.807) is 63.2 Å². The van der Waals surface area contributed by atoms with E-state index in [9.17, 15) is 13.2 Å². The third kappa shape index (κ3) is 3.87. The van der Waals surface area contributed by atoms with Crippen LogP contribution in [0, 0.1) is 6.92 Å². The minimum Gasteiger partial charge on any atom is -0.443 e. The maximum atomic E-state index is 13.0. The van der Waals surface area contributed by atoms with E-state index >= 15 is 0 Å². The number of rotatable bonds is 3. The number of hydrogen-bond donors (Lipinski definition) is 0. The van der Waals surface area contributed by atoms with Crippen LogP contribution in [0.15, 0.2) is 53.6 Å². The number of carbonyl (C=O) groups is 1. The minimum atomic E-state index is -3.81. The van der Waals surface area contributed by atoms with E-state index in [4.69, 9.17) is 4.74 Å². The summed E-state index contributed by atoms with van der Waals surface area (Å²) in [5, 5.41) is 0.650. The number of nitrogens with zero attached hydrogens (tertiary/aromatic N) is 3. The monoisotopic (exact) mass is 401 g/mol.